The van der Waals surface area contributed by atoms with Gasteiger partial charge in [0.15, 0.2) is 18.9 Å². The molecule has 3 fully saturated rings. The minimum Gasteiger partial charge on any atom is -0.394 e. The van der Waals surface area contributed by atoms with Crippen molar-refractivity contribution in [3.8, 4) is 0 Å². The van der Waals surface area contributed by atoms with Crippen molar-refractivity contribution in [1.82, 2.24) is 47.9 Å². The first kappa shape index (κ1) is 85.7. The first-order valence-electron chi connectivity index (χ1n) is 32.3. The molecule has 0 aromatic heterocycles. The highest BCUT2D eigenvalue weighted by molar-refractivity contribution is 5.90. The molecule has 17 atom stereocenters. The maximum atomic E-state index is 13.7. The summed E-state index contributed by atoms with van der Waals surface area (Å²) in [6.45, 7) is 7.05. The zero-order chi connectivity index (χ0) is 72.0. The van der Waals surface area contributed by atoms with Crippen LogP contribution < -0.4 is 47.9 Å². The van der Waals surface area contributed by atoms with Gasteiger partial charge in [0.2, 0.25) is 53.2 Å². The first-order chi connectivity index (χ1) is 46.1. The van der Waals surface area contributed by atoms with Crippen molar-refractivity contribution < 1.29 is 141 Å². The Morgan fingerprint density at radius 2 is 0.691 bits per heavy atom. The molecule has 560 valence electrons. The lowest BCUT2D eigenvalue weighted by Crippen LogP contribution is -2.64. The third-order valence-corrected chi connectivity index (χ3v) is 14.7. The average molecular weight is 1400 g/mol. The van der Waals surface area contributed by atoms with Crippen LogP contribution in [0.5, 0.6) is 0 Å². The number of aliphatic hydroxyl groups excluding tert-OH is 9. The zero-order valence-electron chi connectivity index (χ0n) is 55.9. The van der Waals surface area contributed by atoms with E-state index in [0.29, 0.717) is 13.2 Å². The second-order valence-electron chi connectivity index (χ2n) is 23.8. The molecule has 0 radical (unpaired) electrons. The van der Waals surface area contributed by atoms with Crippen molar-refractivity contribution in [1.29, 1.82) is 0 Å². The van der Waals surface area contributed by atoms with Crippen molar-refractivity contribution in [2.45, 2.75) is 196 Å². The molecule has 3 rings (SSSR count). The number of hydrogen-bond acceptors (Lipinski definition) is 29. The molecular formula is C59H105N9O29. The van der Waals surface area contributed by atoms with Crippen LogP contribution in [0.4, 0.5) is 0 Å². The van der Waals surface area contributed by atoms with Crippen LogP contribution in [-0.2, 0) is 95.3 Å². The molecule has 0 aromatic rings. The van der Waals surface area contributed by atoms with E-state index < -0.39 is 178 Å². The minimum absolute atomic E-state index is 0.0324. The van der Waals surface area contributed by atoms with Gasteiger partial charge in [-0.25, -0.2) is 0 Å². The van der Waals surface area contributed by atoms with E-state index in [4.69, 9.17) is 52.1 Å². The van der Waals surface area contributed by atoms with Crippen molar-refractivity contribution in [3.05, 3.63) is 0 Å². The predicted octanol–water partition coefficient (Wildman–Crippen LogP) is -9.09. The SMILES string of the molecule is CC(=O)NC1C(OCCOCCNC(=O)CCC(NC(=O)CCC(NC(=O)CCCC(=O)NCCOCCOC(C)(C)C)C(=O)NCCOCCOC2OC(CO)C(O)[C@@H](O)C2NC(C)=O)C(=O)NCCOCCOC2OC(CO)C(O)C(O)C2NC(C)=O)OC(CO)C(O)C1O. The minimum atomic E-state index is -1.55. The molecule has 0 aromatic carbocycles. The molecule has 3 heterocycles. The number of hydrogen-bond donors (Lipinski definition) is 18. The van der Waals surface area contributed by atoms with Crippen LogP contribution in [0.2, 0.25) is 0 Å². The topological polar surface area (TPSA) is 546 Å². The van der Waals surface area contributed by atoms with Crippen molar-refractivity contribution in [3.63, 3.8) is 0 Å². The van der Waals surface area contributed by atoms with Crippen LogP contribution in [0.25, 0.3) is 0 Å². The second-order valence-corrected chi connectivity index (χ2v) is 23.8. The van der Waals surface area contributed by atoms with Gasteiger partial charge in [-0.2, -0.15) is 0 Å². The Hall–Kier alpha value is -5.57. The number of aliphatic hydroxyl groups is 9. The largest absolute Gasteiger partial charge is 0.394 e. The monoisotopic (exact) mass is 1400 g/mol. The van der Waals surface area contributed by atoms with Gasteiger partial charge in [0.05, 0.1) is 105 Å². The Morgan fingerprint density at radius 3 is 1.02 bits per heavy atom. The Bertz CT molecular complexity index is 2370. The van der Waals surface area contributed by atoms with Crippen LogP contribution in [-0.4, -0.2) is 334 Å². The normalized spacial score (nSPS) is 26.3. The van der Waals surface area contributed by atoms with E-state index in [1.807, 2.05) is 20.8 Å². The predicted molar refractivity (Wildman–Crippen MR) is 331 cm³/mol. The fourth-order valence-corrected chi connectivity index (χ4v) is 9.80. The summed E-state index contributed by atoms with van der Waals surface area (Å²) in [5.41, 5.74) is -0.333. The van der Waals surface area contributed by atoms with Gasteiger partial charge in [0.25, 0.3) is 0 Å². The van der Waals surface area contributed by atoms with E-state index >= 15 is 0 Å². The Morgan fingerprint density at radius 1 is 0.392 bits per heavy atom. The highest BCUT2D eigenvalue weighted by atomic mass is 16.7. The molecule has 3 aliphatic heterocycles. The summed E-state index contributed by atoms with van der Waals surface area (Å²) in [5.74, 6) is -5.49. The smallest absolute Gasteiger partial charge is 0.242 e. The molecule has 0 aliphatic carbocycles. The number of amides is 9. The van der Waals surface area contributed by atoms with Gasteiger partial charge in [-0.1, -0.05) is 0 Å². The van der Waals surface area contributed by atoms with E-state index in [9.17, 15) is 89.1 Å². The third-order valence-electron chi connectivity index (χ3n) is 14.7. The molecule has 97 heavy (non-hydrogen) atoms. The summed E-state index contributed by atoms with van der Waals surface area (Å²) >= 11 is 0. The standard InChI is InChI=1S/C59H105N9O29/c1-33(72)64-45-51(82)48(79)38(30-69)95-56(45)91-26-22-87-18-15-61-42(76)12-10-36(54(85)62-16-20-88-23-27-92-57-46(65-34(2)73)52(83)49(80)39(31-70)96-57)68-44(78)13-11-37(67-43(77)9-7-8-41(75)60-14-19-90-25-29-94-59(4,5)6)55(86)63-17-21-89-24-28-93-58-47(66-35(3)74)53(84)50(81)40(32-71)97-58/h36-40,45-53,56-58,69-71,79-84H,7-32H2,1-6H3,(H,60,75)(H,61,76)(H,62,85)(H,63,86)(H,64,72)(H,65,73)(H,66,74)(H,67,77)(H,68,78)/t36?,37?,38?,39?,40?,45?,46?,47?,48?,49?,50?,51?,52?,53-,56?,57?,58?/m0/s1. The number of ether oxygens (including phenoxy) is 11. The van der Waals surface area contributed by atoms with E-state index in [-0.39, 0.29) is 142 Å². The van der Waals surface area contributed by atoms with Gasteiger partial charge in [-0.05, 0) is 40.0 Å². The van der Waals surface area contributed by atoms with E-state index in [1.165, 1.54) is 20.8 Å². The molecule has 16 unspecified atom stereocenters. The molecule has 38 nitrogen and oxygen atoms in total. The molecule has 0 spiro atoms. The second kappa shape index (κ2) is 46.7. The fraction of sp³-hybridized carbons (Fsp3) is 0.847. The lowest BCUT2D eigenvalue weighted by molar-refractivity contribution is -0.272. The third kappa shape index (κ3) is 33.4. The number of rotatable bonds is 47. The van der Waals surface area contributed by atoms with Crippen LogP contribution in [0.3, 0.4) is 0 Å². The summed E-state index contributed by atoms with van der Waals surface area (Å²) in [7, 11) is 0. The highest BCUT2D eigenvalue weighted by Gasteiger charge is 2.48. The average Bonchev–Trinajstić information content (AvgIpc) is 0.850. The number of carbonyl (C=O) groups is 9. The molecule has 0 saturated carbocycles. The molecule has 18 N–H and O–H groups in total. The maximum Gasteiger partial charge on any atom is 0.242 e. The number of carbonyl (C=O) groups excluding carboxylic acids is 9. The fourth-order valence-electron chi connectivity index (χ4n) is 9.80. The van der Waals surface area contributed by atoms with E-state index in [2.05, 4.69) is 47.9 Å². The Labute approximate surface area is 562 Å². The molecule has 3 aliphatic rings. The van der Waals surface area contributed by atoms with Gasteiger partial charge in [-0.15, -0.1) is 0 Å². The molecule has 9 amide bonds. The van der Waals surface area contributed by atoms with Gasteiger partial charge in [0, 0.05) is 72.6 Å². The summed E-state index contributed by atoms with van der Waals surface area (Å²) in [6, 6.07) is -6.29. The van der Waals surface area contributed by atoms with Crippen molar-refractivity contribution in [2.24, 2.45) is 0 Å². The van der Waals surface area contributed by atoms with E-state index in [1.54, 1.807) is 0 Å². The molecule has 0 bridgehead atoms. The molecular weight excluding hydrogens is 1300 g/mol. The van der Waals surface area contributed by atoms with Gasteiger partial charge in [0.1, 0.15) is 85.1 Å². The van der Waals surface area contributed by atoms with Crippen LogP contribution in [0.15, 0.2) is 0 Å². The maximum absolute atomic E-state index is 13.7. The summed E-state index contributed by atoms with van der Waals surface area (Å²) < 4.78 is 61.3. The lowest BCUT2D eigenvalue weighted by Gasteiger charge is -2.42. The Kier molecular flexibility index (Phi) is 41.2. The van der Waals surface area contributed by atoms with Gasteiger partial charge in [-0.3, -0.25) is 43.2 Å². The molecule has 38 heteroatoms. The van der Waals surface area contributed by atoms with Gasteiger partial charge >= 0.3 is 0 Å². The Balaban J connectivity index is 1.64. The summed E-state index contributed by atoms with van der Waals surface area (Å²) in [6.07, 6.45) is -18.2. The van der Waals surface area contributed by atoms with Crippen LogP contribution >= 0.6 is 0 Å². The van der Waals surface area contributed by atoms with E-state index in [0.717, 1.165) is 0 Å². The molecule has 3 saturated heterocycles. The number of nitrogens with one attached hydrogen (secondary N) is 9. The highest BCUT2D eigenvalue weighted by Crippen LogP contribution is 2.25. The summed E-state index contributed by atoms with van der Waals surface area (Å²) in [4.78, 5) is 116. The van der Waals surface area contributed by atoms with Crippen LogP contribution in [0, 0.1) is 0 Å². The van der Waals surface area contributed by atoms with Crippen molar-refractivity contribution >= 4 is 53.2 Å². The first-order valence-corrected chi connectivity index (χ1v) is 32.3. The van der Waals surface area contributed by atoms with Crippen molar-refractivity contribution in [2.75, 3.05) is 125 Å². The van der Waals surface area contributed by atoms with Gasteiger partial charge < -0.3 is 146 Å². The quantitative estimate of drug-likeness (QED) is 0.0252. The van der Waals surface area contributed by atoms with Crippen LogP contribution in [0.1, 0.15) is 86.5 Å². The summed E-state index contributed by atoms with van der Waals surface area (Å²) in [5, 5.41) is 114. The lowest BCUT2D eigenvalue weighted by atomic mass is 9.97. The zero-order valence-corrected chi connectivity index (χ0v) is 55.9.